The monoisotopic (exact) mass is 388 g/mol. The van der Waals surface area contributed by atoms with Crippen LogP contribution in [0.5, 0.6) is 5.75 Å². The van der Waals surface area contributed by atoms with E-state index in [1.54, 1.807) is 36.3 Å². The second-order valence-corrected chi connectivity index (χ2v) is 8.40. The molecule has 1 aliphatic heterocycles. The van der Waals surface area contributed by atoms with Gasteiger partial charge in [0.25, 0.3) is 0 Å². The van der Waals surface area contributed by atoms with Gasteiger partial charge in [-0.1, -0.05) is 19.1 Å². The van der Waals surface area contributed by atoms with E-state index in [9.17, 15) is 13.2 Å². The van der Waals surface area contributed by atoms with Gasteiger partial charge in [0.05, 0.1) is 12.0 Å². The lowest BCUT2D eigenvalue weighted by Gasteiger charge is -2.22. The number of methoxy groups -OCH3 is 1. The molecule has 1 atom stereocenters. The van der Waals surface area contributed by atoms with Crippen molar-refractivity contribution in [3.63, 3.8) is 0 Å². The Labute approximate surface area is 160 Å². The van der Waals surface area contributed by atoms with Crippen molar-refractivity contribution < 1.29 is 17.9 Å². The zero-order valence-electron chi connectivity index (χ0n) is 15.7. The Kier molecular flexibility index (Phi) is 5.53. The van der Waals surface area contributed by atoms with Crippen LogP contribution in [0.4, 0.5) is 5.69 Å². The highest BCUT2D eigenvalue weighted by molar-refractivity contribution is 7.89. The highest BCUT2D eigenvalue weighted by Crippen LogP contribution is 2.34. The van der Waals surface area contributed by atoms with E-state index in [0.29, 0.717) is 18.6 Å². The Morgan fingerprint density at radius 3 is 2.74 bits per heavy atom. The largest absolute Gasteiger partial charge is 0.497 e. The van der Waals surface area contributed by atoms with Crippen molar-refractivity contribution in [1.82, 2.24) is 4.72 Å². The van der Waals surface area contributed by atoms with Gasteiger partial charge in [-0.3, -0.25) is 4.79 Å². The van der Waals surface area contributed by atoms with Gasteiger partial charge in [0.1, 0.15) is 5.75 Å². The Hall–Kier alpha value is -2.38. The van der Waals surface area contributed by atoms with Gasteiger partial charge in [-0.05, 0) is 54.8 Å². The third-order valence-electron chi connectivity index (χ3n) is 4.75. The lowest BCUT2D eigenvalue weighted by atomic mass is 10.1. The van der Waals surface area contributed by atoms with Crippen LogP contribution in [0.2, 0.25) is 0 Å². The topological polar surface area (TPSA) is 75.7 Å². The summed E-state index contributed by atoms with van der Waals surface area (Å²) in [5, 5.41) is 0. The summed E-state index contributed by atoms with van der Waals surface area (Å²) >= 11 is 0. The van der Waals surface area contributed by atoms with Crippen LogP contribution in [0.15, 0.2) is 47.4 Å². The molecule has 0 saturated carbocycles. The molecule has 2 aromatic carbocycles. The van der Waals surface area contributed by atoms with Crippen molar-refractivity contribution in [2.45, 2.75) is 44.2 Å². The summed E-state index contributed by atoms with van der Waals surface area (Å²) in [6.07, 6.45) is 1.08. The first kappa shape index (κ1) is 19.4. The van der Waals surface area contributed by atoms with Crippen LogP contribution >= 0.6 is 0 Å². The highest BCUT2D eigenvalue weighted by atomic mass is 32.2. The molecule has 2 aromatic rings. The molecule has 27 heavy (non-hydrogen) atoms. The molecule has 0 radical (unpaired) electrons. The number of ether oxygens (including phenoxy) is 1. The summed E-state index contributed by atoms with van der Waals surface area (Å²) < 4.78 is 33.2. The quantitative estimate of drug-likeness (QED) is 0.826. The SMILES string of the molecule is CCC(=O)N1c2ccc(S(=O)(=O)NCc3cccc(OC)c3)cc2CC1C. The maximum atomic E-state index is 12.7. The highest BCUT2D eigenvalue weighted by Gasteiger charge is 2.31. The van der Waals surface area contributed by atoms with Crippen molar-refractivity contribution in [1.29, 1.82) is 0 Å². The summed E-state index contributed by atoms with van der Waals surface area (Å²) in [6.45, 7) is 3.98. The van der Waals surface area contributed by atoms with E-state index in [1.165, 1.54) is 0 Å². The van der Waals surface area contributed by atoms with E-state index in [2.05, 4.69) is 4.72 Å². The van der Waals surface area contributed by atoms with E-state index >= 15 is 0 Å². The molecule has 7 heteroatoms. The number of benzene rings is 2. The third kappa shape index (κ3) is 3.99. The minimum Gasteiger partial charge on any atom is -0.497 e. The van der Waals surface area contributed by atoms with Crippen LogP contribution in [0.1, 0.15) is 31.4 Å². The summed E-state index contributed by atoms with van der Waals surface area (Å²) in [4.78, 5) is 14.1. The Morgan fingerprint density at radius 2 is 2.04 bits per heavy atom. The number of hydrogen-bond donors (Lipinski definition) is 1. The van der Waals surface area contributed by atoms with Crippen molar-refractivity contribution in [2.75, 3.05) is 12.0 Å². The average molecular weight is 388 g/mol. The van der Waals surface area contributed by atoms with Gasteiger partial charge in [-0.2, -0.15) is 0 Å². The number of carbonyl (C=O) groups is 1. The molecule has 144 valence electrons. The molecule has 6 nitrogen and oxygen atoms in total. The van der Waals surface area contributed by atoms with Gasteiger partial charge in [0.2, 0.25) is 15.9 Å². The number of rotatable bonds is 6. The van der Waals surface area contributed by atoms with E-state index in [-0.39, 0.29) is 23.4 Å². The van der Waals surface area contributed by atoms with Crippen LogP contribution in [-0.4, -0.2) is 27.5 Å². The van der Waals surface area contributed by atoms with Crippen molar-refractivity contribution in [2.24, 2.45) is 0 Å². The summed E-state index contributed by atoms with van der Waals surface area (Å²) in [5.41, 5.74) is 2.50. The first-order chi connectivity index (χ1) is 12.9. The van der Waals surface area contributed by atoms with Crippen LogP contribution in [0, 0.1) is 0 Å². The van der Waals surface area contributed by atoms with Gasteiger partial charge in [0, 0.05) is 24.7 Å². The smallest absolute Gasteiger partial charge is 0.240 e. The number of sulfonamides is 1. The Morgan fingerprint density at radius 1 is 1.26 bits per heavy atom. The molecule has 0 bridgehead atoms. The summed E-state index contributed by atoms with van der Waals surface area (Å²) in [6, 6.07) is 12.2. The first-order valence-corrected chi connectivity index (χ1v) is 10.4. The van der Waals surface area contributed by atoms with Gasteiger partial charge in [-0.25, -0.2) is 13.1 Å². The summed E-state index contributed by atoms with van der Waals surface area (Å²) in [7, 11) is -2.08. The molecule has 0 fully saturated rings. The number of nitrogens with one attached hydrogen (secondary N) is 1. The number of anilines is 1. The van der Waals surface area contributed by atoms with Gasteiger partial charge < -0.3 is 9.64 Å². The number of nitrogens with zero attached hydrogens (tertiary/aromatic N) is 1. The molecule has 0 aromatic heterocycles. The number of amides is 1. The lowest BCUT2D eigenvalue weighted by molar-refractivity contribution is -0.118. The fraction of sp³-hybridized carbons (Fsp3) is 0.350. The average Bonchev–Trinajstić information content (AvgIpc) is 3.01. The van der Waals surface area contributed by atoms with Gasteiger partial charge in [-0.15, -0.1) is 0 Å². The number of fused-ring (bicyclic) bond motifs is 1. The molecule has 1 amide bonds. The van der Waals surface area contributed by atoms with Crippen LogP contribution in [0.3, 0.4) is 0 Å². The van der Waals surface area contributed by atoms with Crippen LogP contribution < -0.4 is 14.4 Å². The maximum absolute atomic E-state index is 12.7. The molecule has 1 N–H and O–H groups in total. The molecule has 0 saturated heterocycles. The van der Waals surface area contributed by atoms with Crippen molar-refractivity contribution in [3.05, 3.63) is 53.6 Å². The van der Waals surface area contributed by atoms with E-state index in [4.69, 9.17) is 4.74 Å². The molecule has 3 rings (SSSR count). The zero-order chi connectivity index (χ0) is 19.6. The van der Waals surface area contributed by atoms with Crippen molar-refractivity contribution >= 4 is 21.6 Å². The van der Waals surface area contributed by atoms with E-state index < -0.39 is 10.0 Å². The molecule has 0 aliphatic carbocycles. The second-order valence-electron chi connectivity index (χ2n) is 6.64. The molecule has 0 spiro atoms. The lowest BCUT2D eigenvalue weighted by Crippen LogP contribution is -2.35. The maximum Gasteiger partial charge on any atom is 0.240 e. The summed E-state index contributed by atoms with van der Waals surface area (Å²) in [5.74, 6) is 0.729. The van der Waals surface area contributed by atoms with Crippen molar-refractivity contribution in [3.8, 4) is 5.75 Å². The number of carbonyl (C=O) groups excluding carboxylic acids is 1. The molecule has 1 heterocycles. The molecule has 1 aliphatic rings. The number of hydrogen-bond acceptors (Lipinski definition) is 4. The first-order valence-electron chi connectivity index (χ1n) is 8.93. The van der Waals surface area contributed by atoms with E-state index in [0.717, 1.165) is 16.8 Å². The Balaban J connectivity index is 1.80. The third-order valence-corrected chi connectivity index (χ3v) is 6.15. The van der Waals surface area contributed by atoms with Crippen LogP contribution in [0.25, 0.3) is 0 Å². The zero-order valence-corrected chi connectivity index (χ0v) is 16.5. The minimum atomic E-state index is -3.65. The Bertz CT molecular complexity index is 956. The molecular formula is C20H24N2O4S. The normalized spacial score (nSPS) is 16.3. The standard InChI is InChI=1S/C20H24N2O4S/c1-4-20(23)22-14(2)10-16-12-18(8-9-19(16)22)27(24,25)21-13-15-6-5-7-17(11-15)26-3/h5-9,11-12,14,21H,4,10,13H2,1-3H3. The van der Waals surface area contributed by atoms with Gasteiger partial charge in [0.15, 0.2) is 0 Å². The van der Waals surface area contributed by atoms with E-state index in [1.807, 2.05) is 32.0 Å². The predicted octanol–water partition coefficient (Wildman–Crippen LogP) is 2.86. The minimum absolute atomic E-state index is 0.0372. The molecule has 1 unspecified atom stereocenters. The predicted molar refractivity (Wildman–Crippen MR) is 104 cm³/mol. The molecular weight excluding hydrogens is 364 g/mol. The second kappa shape index (κ2) is 7.70. The fourth-order valence-electron chi connectivity index (χ4n) is 3.37. The van der Waals surface area contributed by atoms with Gasteiger partial charge >= 0.3 is 0 Å². The fourth-order valence-corrected chi connectivity index (χ4v) is 4.44. The van der Waals surface area contributed by atoms with Crippen LogP contribution in [-0.2, 0) is 27.8 Å².